The zero-order valence-electron chi connectivity index (χ0n) is 16.2. The van der Waals surface area contributed by atoms with E-state index in [2.05, 4.69) is 19.2 Å². The lowest BCUT2D eigenvalue weighted by molar-refractivity contribution is -0.117. The fourth-order valence-electron chi connectivity index (χ4n) is 2.86. The van der Waals surface area contributed by atoms with Crippen molar-refractivity contribution in [1.29, 1.82) is 0 Å². The fourth-order valence-corrected chi connectivity index (χ4v) is 4.36. The number of benzene rings is 2. The van der Waals surface area contributed by atoms with Gasteiger partial charge in [-0.2, -0.15) is 0 Å². The Hall–Kier alpha value is -1.76. The minimum Gasteiger partial charge on any atom is -0.324 e. The summed E-state index contributed by atoms with van der Waals surface area (Å²) in [6, 6.07) is 11.0. The van der Waals surface area contributed by atoms with Crippen molar-refractivity contribution in [3.05, 3.63) is 58.1 Å². The molecule has 0 aliphatic carbocycles. The van der Waals surface area contributed by atoms with Gasteiger partial charge >= 0.3 is 0 Å². The molecular weight excluding hydrogens is 419 g/mol. The molecule has 2 rings (SSSR count). The summed E-state index contributed by atoms with van der Waals surface area (Å²) in [5, 5.41) is 3.33. The van der Waals surface area contributed by atoms with E-state index in [-0.39, 0.29) is 17.1 Å². The maximum Gasteiger partial charge on any atom is 0.248 e. The number of hydrogen-bond donors (Lipinski definition) is 1. The second kappa shape index (κ2) is 9.16. The third-order valence-corrected chi connectivity index (χ3v) is 6.25. The average molecular weight is 443 g/mol. The summed E-state index contributed by atoms with van der Waals surface area (Å²) in [7, 11) is -3.74. The highest BCUT2D eigenvalue weighted by atomic mass is 35.5. The Morgan fingerprint density at radius 2 is 1.68 bits per heavy atom. The van der Waals surface area contributed by atoms with Crippen LogP contribution < -0.4 is 9.62 Å². The molecular formula is C20H24Cl2N2O3S. The summed E-state index contributed by atoms with van der Waals surface area (Å²) in [5.74, 6) is -0.0418. The predicted molar refractivity (Wildman–Crippen MR) is 117 cm³/mol. The van der Waals surface area contributed by atoms with Crippen LogP contribution in [0.15, 0.2) is 42.5 Å². The van der Waals surface area contributed by atoms with Crippen LogP contribution in [0.3, 0.4) is 0 Å². The van der Waals surface area contributed by atoms with E-state index >= 15 is 0 Å². The Bertz CT molecular complexity index is 944. The van der Waals surface area contributed by atoms with Crippen molar-refractivity contribution >= 4 is 50.5 Å². The predicted octanol–water partition coefficient (Wildman–Crippen LogP) is 5.30. The van der Waals surface area contributed by atoms with Crippen LogP contribution in [0.5, 0.6) is 0 Å². The molecule has 152 valence electrons. The van der Waals surface area contributed by atoms with Gasteiger partial charge in [0.25, 0.3) is 0 Å². The van der Waals surface area contributed by atoms with E-state index in [1.165, 1.54) is 18.2 Å². The number of nitrogens with zero attached hydrogens (tertiary/aromatic N) is 1. The monoisotopic (exact) mass is 442 g/mol. The minimum absolute atomic E-state index is 0.215. The molecule has 0 spiro atoms. The van der Waals surface area contributed by atoms with E-state index in [4.69, 9.17) is 23.2 Å². The molecule has 0 aromatic heterocycles. The number of amides is 1. The van der Waals surface area contributed by atoms with Gasteiger partial charge in [0.05, 0.1) is 22.0 Å². The smallest absolute Gasteiger partial charge is 0.248 e. The minimum atomic E-state index is -3.74. The molecule has 0 aliphatic rings. The maximum absolute atomic E-state index is 12.9. The first kappa shape index (κ1) is 22.5. The molecule has 28 heavy (non-hydrogen) atoms. The molecule has 1 N–H and O–H groups in total. The van der Waals surface area contributed by atoms with Crippen molar-refractivity contribution in [2.75, 3.05) is 15.9 Å². The maximum atomic E-state index is 12.9. The summed E-state index contributed by atoms with van der Waals surface area (Å²) in [5.41, 5.74) is 2.04. The number of sulfonamides is 1. The average Bonchev–Trinajstić information content (AvgIpc) is 2.61. The van der Waals surface area contributed by atoms with E-state index in [9.17, 15) is 13.2 Å². The molecule has 0 heterocycles. The van der Waals surface area contributed by atoms with Gasteiger partial charge < -0.3 is 5.32 Å². The van der Waals surface area contributed by atoms with Gasteiger partial charge in [-0.25, -0.2) is 8.42 Å². The molecule has 0 bridgehead atoms. The summed E-state index contributed by atoms with van der Waals surface area (Å²) in [4.78, 5) is 12.9. The second-order valence-corrected chi connectivity index (χ2v) is 9.52. The Kier molecular flexibility index (Phi) is 7.37. The van der Waals surface area contributed by atoms with Gasteiger partial charge in [0.15, 0.2) is 0 Å². The number of anilines is 2. The molecule has 1 amide bonds. The van der Waals surface area contributed by atoms with Gasteiger partial charge in [0.2, 0.25) is 15.9 Å². The summed E-state index contributed by atoms with van der Waals surface area (Å²) in [6.45, 7) is 5.92. The molecule has 1 unspecified atom stereocenters. The molecule has 0 saturated heterocycles. The standard InChI is InChI=1S/C20H24Cl2N2O3S/c1-5-19(20(25)23-15-8-6-14(7-9-15)13(2)3)24(28(4,26)27)16-10-11-17(21)18(22)12-16/h6-13,19H,5H2,1-4H3,(H,23,25). The highest BCUT2D eigenvalue weighted by molar-refractivity contribution is 7.92. The van der Waals surface area contributed by atoms with Crippen LogP contribution in [0.2, 0.25) is 10.0 Å². The summed E-state index contributed by atoms with van der Waals surface area (Å²) >= 11 is 12.0. The SMILES string of the molecule is CCC(C(=O)Nc1ccc(C(C)C)cc1)N(c1ccc(Cl)c(Cl)c1)S(C)(=O)=O. The molecule has 2 aromatic rings. The van der Waals surface area contributed by atoms with Gasteiger partial charge in [-0.05, 0) is 48.2 Å². The Balaban J connectivity index is 2.34. The molecule has 0 aliphatic heterocycles. The zero-order chi connectivity index (χ0) is 21.1. The van der Waals surface area contributed by atoms with Gasteiger partial charge in [-0.15, -0.1) is 0 Å². The third kappa shape index (κ3) is 5.40. The number of hydrogen-bond acceptors (Lipinski definition) is 3. The van der Waals surface area contributed by atoms with Crippen molar-refractivity contribution < 1.29 is 13.2 Å². The van der Waals surface area contributed by atoms with Gasteiger partial charge in [-0.1, -0.05) is 56.1 Å². The second-order valence-electron chi connectivity index (χ2n) is 6.85. The van der Waals surface area contributed by atoms with Crippen molar-refractivity contribution in [3.63, 3.8) is 0 Å². The fraction of sp³-hybridized carbons (Fsp3) is 0.350. The van der Waals surface area contributed by atoms with Gasteiger partial charge in [0, 0.05) is 5.69 Å². The third-order valence-electron chi connectivity index (χ3n) is 4.33. The summed E-state index contributed by atoms with van der Waals surface area (Å²) in [6.07, 6.45) is 1.34. The van der Waals surface area contributed by atoms with E-state index in [1.807, 2.05) is 24.3 Å². The van der Waals surface area contributed by atoms with Crippen molar-refractivity contribution in [1.82, 2.24) is 0 Å². The van der Waals surface area contributed by atoms with Crippen LogP contribution in [0, 0.1) is 0 Å². The lowest BCUT2D eigenvalue weighted by Gasteiger charge is -2.30. The van der Waals surface area contributed by atoms with E-state index in [0.29, 0.717) is 16.6 Å². The van der Waals surface area contributed by atoms with Crippen molar-refractivity contribution in [2.24, 2.45) is 0 Å². The summed E-state index contributed by atoms with van der Waals surface area (Å²) < 4.78 is 26.0. The van der Waals surface area contributed by atoms with Crippen LogP contribution in [0.1, 0.15) is 38.7 Å². The lowest BCUT2D eigenvalue weighted by Crippen LogP contribution is -2.47. The van der Waals surface area contributed by atoms with Crippen molar-refractivity contribution in [2.45, 2.75) is 39.2 Å². The molecule has 0 saturated carbocycles. The van der Waals surface area contributed by atoms with Crippen LogP contribution in [-0.4, -0.2) is 26.6 Å². The number of rotatable bonds is 7. The van der Waals surface area contributed by atoms with Crippen LogP contribution >= 0.6 is 23.2 Å². The molecule has 0 radical (unpaired) electrons. The zero-order valence-corrected chi connectivity index (χ0v) is 18.6. The molecule has 8 heteroatoms. The Labute approximate surface area is 176 Å². The Morgan fingerprint density at radius 3 is 2.14 bits per heavy atom. The van der Waals surface area contributed by atoms with E-state index < -0.39 is 22.0 Å². The topological polar surface area (TPSA) is 66.5 Å². The van der Waals surface area contributed by atoms with Crippen LogP contribution in [0.25, 0.3) is 0 Å². The van der Waals surface area contributed by atoms with Crippen LogP contribution in [0.4, 0.5) is 11.4 Å². The molecule has 0 fully saturated rings. The lowest BCUT2D eigenvalue weighted by atomic mass is 10.0. The Morgan fingerprint density at radius 1 is 1.07 bits per heavy atom. The van der Waals surface area contributed by atoms with Crippen molar-refractivity contribution in [3.8, 4) is 0 Å². The first-order chi connectivity index (χ1) is 13.0. The number of halogens is 2. The molecule has 5 nitrogen and oxygen atoms in total. The van der Waals surface area contributed by atoms with E-state index in [1.54, 1.807) is 6.92 Å². The normalized spacial score (nSPS) is 12.7. The molecule has 2 aromatic carbocycles. The number of carbonyl (C=O) groups excluding carboxylic acids is 1. The largest absolute Gasteiger partial charge is 0.324 e. The van der Waals surface area contributed by atoms with Gasteiger partial charge in [0.1, 0.15) is 6.04 Å². The first-order valence-electron chi connectivity index (χ1n) is 8.89. The van der Waals surface area contributed by atoms with Crippen LogP contribution in [-0.2, 0) is 14.8 Å². The quantitative estimate of drug-likeness (QED) is 0.632. The number of nitrogens with one attached hydrogen (secondary N) is 1. The van der Waals surface area contributed by atoms with E-state index in [0.717, 1.165) is 16.1 Å². The molecule has 1 atom stereocenters. The number of carbonyl (C=O) groups is 1. The highest BCUT2D eigenvalue weighted by Crippen LogP contribution is 2.30. The highest BCUT2D eigenvalue weighted by Gasteiger charge is 2.31. The van der Waals surface area contributed by atoms with Gasteiger partial charge in [-0.3, -0.25) is 9.10 Å². The first-order valence-corrected chi connectivity index (χ1v) is 11.5.